The molecular formula is C9H18N2. The Bertz CT molecular complexity index is 148. The Morgan fingerprint density at radius 3 is 2.36 bits per heavy atom. The first kappa shape index (κ1) is 10.3. The lowest BCUT2D eigenvalue weighted by Crippen LogP contribution is -1.96. The first-order valence-corrected chi connectivity index (χ1v) is 4.20. The van der Waals surface area contributed by atoms with Crippen LogP contribution in [-0.4, -0.2) is 18.0 Å². The largest absolute Gasteiger partial charge is 0.310 e. The van der Waals surface area contributed by atoms with Crippen LogP contribution < -0.4 is 0 Å². The summed E-state index contributed by atoms with van der Waals surface area (Å²) in [5.74, 6) is 0. The van der Waals surface area contributed by atoms with Gasteiger partial charge in [-0.3, -0.25) is 4.99 Å². The highest BCUT2D eigenvalue weighted by atomic mass is 14.7. The van der Waals surface area contributed by atoms with Gasteiger partial charge in [-0.2, -0.15) is 0 Å². The molecule has 64 valence electrons. The second-order valence-corrected chi connectivity index (χ2v) is 2.90. The van der Waals surface area contributed by atoms with Crippen LogP contribution in [0.1, 0.15) is 40.0 Å². The van der Waals surface area contributed by atoms with Crippen LogP contribution in [0, 0.1) is 5.41 Å². The SMILES string of the molecule is CCCC(C)=NCCC(C)=N. The third kappa shape index (κ3) is 7.23. The van der Waals surface area contributed by atoms with Crippen molar-refractivity contribution in [3.63, 3.8) is 0 Å². The van der Waals surface area contributed by atoms with Crippen LogP contribution >= 0.6 is 0 Å². The third-order valence-electron chi connectivity index (χ3n) is 1.48. The highest BCUT2D eigenvalue weighted by Crippen LogP contribution is 1.92. The average Bonchev–Trinajstić information content (AvgIpc) is 1.87. The van der Waals surface area contributed by atoms with Gasteiger partial charge in [-0.1, -0.05) is 13.3 Å². The molecule has 0 aliphatic rings. The van der Waals surface area contributed by atoms with Gasteiger partial charge in [-0.25, -0.2) is 0 Å². The lowest BCUT2D eigenvalue weighted by molar-refractivity contribution is 0.954. The fourth-order valence-corrected chi connectivity index (χ4v) is 0.855. The smallest absolute Gasteiger partial charge is 0.0440 e. The minimum atomic E-state index is 0.720. The van der Waals surface area contributed by atoms with Crippen molar-refractivity contribution in [2.45, 2.75) is 40.0 Å². The second kappa shape index (κ2) is 6.08. The monoisotopic (exact) mass is 154 g/mol. The Morgan fingerprint density at radius 1 is 1.27 bits per heavy atom. The standard InChI is InChI=1S/C9H18N2/c1-4-5-9(3)11-7-6-8(2)10/h10H,4-7H2,1-3H3. The molecular weight excluding hydrogens is 136 g/mol. The summed E-state index contributed by atoms with van der Waals surface area (Å²) in [5.41, 5.74) is 1.94. The number of hydrogen-bond donors (Lipinski definition) is 1. The molecule has 0 unspecified atom stereocenters. The minimum absolute atomic E-state index is 0.720. The van der Waals surface area contributed by atoms with Crippen molar-refractivity contribution in [3.05, 3.63) is 0 Å². The summed E-state index contributed by atoms with van der Waals surface area (Å²) >= 11 is 0. The van der Waals surface area contributed by atoms with Gasteiger partial charge in [0.25, 0.3) is 0 Å². The predicted octanol–water partition coefficient (Wildman–Crippen LogP) is 2.68. The number of hydrogen-bond acceptors (Lipinski definition) is 2. The normalized spacial score (nSPS) is 11.7. The zero-order valence-corrected chi connectivity index (χ0v) is 7.78. The van der Waals surface area contributed by atoms with Crippen molar-refractivity contribution in [1.82, 2.24) is 0 Å². The highest BCUT2D eigenvalue weighted by Gasteiger charge is 1.89. The molecule has 0 bridgehead atoms. The van der Waals surface area contributed by atoms with Crippen molar-refractivity contribution < 1.29 is 0 Å². The maximum absolute atomic E-state index is 7.17. The molecule has 0 heterocycles. The van der Waals surface area contributed by atoms with E-state index in [9.17, 15) is 0 Å². The molecule has 0 aliphatic heterocycles. The zero-order valence-electron chi connectivity index (χ0n) is 7.78. The Labute approximate surface area is 69.2 Å². The molecule has 11 heavy (non-hydrogen) atoms. The van der Waals surface area contributed by atoms with E-state index in [1.807, 2.05) is 6.92 Å². The molecule has 0 amide bonds. The molecule has 0 atom stereocenters. The van der Waals surface area contributed by atoms with Gasteiger partial charge in [-0.15, -0.1) is 0 Å². The van der Waals surface area contributed by atoms with Crippen LogP contribution in [0.3, 0.4) is 0 Å². The summed E-state index contributed by atoms with van der Waals surface area (Å²) in [4.78, 5) is 4.33. The molecule has 1 N–H and O–H groups in total. The van der Waals surface area contributed by atoms with Crippen molar-refractivity contribution in [1.29, 1.82) is 5.41 Å². The summed E-state index contributed by atoms with van der Waals surface area (Å²) in [6.07, 6.45) is 3.07. The van der Waals surface area contributed by atoms with Crippen LogP contribution in [0.2, 0.25) is 0 Å². The van der Waals surface area contributed by atoms with Crippen LogP contribution in [-0.2, 0) is 0 Å². The van der Waals surface area contributed by atoms with Gasteiger partial charge in [0.1, 0.15) is 0 Å². The van der Waals surface area contributed by atoms with Crippen LogP contribution in [0.4, 0.5) is 0 Å². The van der Waals surface area contributed by atoms with Crippen LogP contribution in [0.15, 0.2) is 4.99 Å². The van der Waals surface area contributed by atoms with E-state index >= 15 is 0 Å². The predicted molar refractivity (Wildman–Crippen MR) is 50.9 cm³/mol. The molecule has 0 saturated carbocycles. The topological polar surface area (TPSA) is 36.2 Å². The van der Waals surface area contributed by atoms with E-state index in [4.69, 9.17) is 5.41 Å². The summed E-state index contributed by atoms with van der Waals surface area (Å²) in [6, 6.07) is 0. The van der Waals surface area contributed by atoms with Crippen molar-refractivity contribution in [2.75, 3.05) is 6.54 Å². The maximum Gasteiger partial charge on any atom is 0.0440 e. The Hall–Kier alpha value is -0.660. The van der Waals surface area contributed by atoms with Gasteiger partial charge in [0.2, 0.25) is 0 Å². The Balaban J connectivity index is 3.47. The maximum atomic E-state index is 7.17. The van der Waals surface area contributed by atoms with E-state index in [1.54, 1.807) is 0 Å². The molecule has 0 fully saturated rings. The first-order valence-electron chi connectivity index (χ1n) is 4.20. The molecule has 0 radical (unpaired) electrons. The molecule has 0 saturated heterocycles. The van der Waals surface area contributed by atoms with E-state index in [0.717, 1.165) is 25.1 Å². The molecule has 0 spiro atoms. The molecule has 0 aromatic carbocycles. The van der Waals surface area contributed by atoms with Crippen molar-refractivity contribution in [3.8, 4) is 0 Å². The van der Waals surface area contributed by atoms with E-state index < -0.39 is 0 Å². The lowest BCUT2D eigenvalue weighted by Gasteiger charge is -1.97. The molecule has 2 heteroatoms. The molecule has 0 rings (SSSR count). The Kier molecular flexibility index (Phi) is 5.71. The van der Waals surface area contributed by atoms with Gasteiger partial charge in [-0.05, 0) is 20.3 Å². The second-order valence-electron chi connectivity index (χ2n) is 2.90. The quantitative estimate of drug-likeness (QED) is 0.591. The van der Waals surface area contributed by atoms with E-state index in [0.29, 0.717) is 0 Å². The van der Waals surface area contributed by atoms with Crippen LogP contribution in [0.25, 0.3) is 0 Å². The van der Waals surface area contributed by atoms with Crippen molar-refractivity contribution >= 4 is 11.4 Å². The van der Waals surface area contributed by atoms with Crippen molar-refractivity contribution in [2.24, 2.45) is 4.99 Å². The summed E-state index contributed by atoms with van der Waals surface area (Å²) < 4.78 is 0. The minimum Gasteiger partial charge on any atom is -0.310 e. The van der Waals surface area contributed by atoms with E-state index in [-0.39, 0.29) is 0 Å². The summed E-state index contributed by atoms with van der Waals surface area (Å²) in [5, 5.41) is 7.17. The fourth-order valence-electron chi connectivity index (χ4n) is 0.855. The first-order chi connectivity index (χ1) is 5.16. The van der Waals surface area contributed by atoms with Gasteiger partial charge >= 0.3 is 0 Å². The number of nitrogens with one attached hydrogen (secondary N) is 1. The zero-order chi connectivity index (χ0) is 8.69. The lowest BCUT2D eigenvalue weighted by atomic mass is 10.2. The number of rotatable bonds is 5. The molecule has 2 nitrogen and oxygen atoms in total. The highest BCUT2D eigenvalue weighted by molar-refractivity contribution is 5.82. The van der Waals surface area contributed by atoms with Gasteiger partial charge in [0, 0.05) is 24.4 Å². The molecule has 0 aromatic heterocycles. The summed E-state index contributed by atoms with van der Waals surface area (Å²) in [6.45, 7) is 6.83. The number of nitrogens with zero attached hydrogens (tertiary/aromatic N) is 1. The third-order valence-corrected chi connectivity index (χ3v) is 1.48. The van der Waals surface area contributed by atoms with Crippen LogP contribution in [0.5, 0.6) is 0 Å². The summed E-state index contributed by atoms with van der Waals surface area (Å²) in [7, 11) is 0. The molecule has 0 aromatic rings. The Morgan fingerprint density at radius 2 is 1.91 bits per heavy atom. The fraction of sp³-hybridized carbons (Fsp3) is 0.778. The van der Waals surface area contributed by atoms with Gasteiger partial charge in [0.15, 0.2) is 0 Å². The number of aliphatic imine (C=N–C) groups is 1. The average molecular weight is 154 g/mol. The van der Waals surface area contributed by atoms with Gasteiger partial charge in [0.05, 0.1) is 0 Å². The molecule has 0 aliphatic carbocycles. The van der Waals surface area contributed by atoms with E-state index in [2.05, 4.69) is 18.8 Å². The van der Waals surface area contributed by atoms with Gasteiger partial charge < -0.3 is 5.41 Å². The van der Waals surface area contributed by atoms with E-state index in [1.165, 1.54) is 12.1 Å².